The Balaban J connectivity index is 2.05. The smallest absolute Gasteiger partial charge is 0.130 e. The molecule has 0 spiro atoms. The molecule has 2 rings (SSSR count). The minimum atomic E-state index is 0.684. The summed E-state index contributed by atoms with van der Waals surface area (Å²) in [5.74, 6) is 1.89. The van der Waals surface area contributed by atoms with Crippen LogP contribution < -0.4 is 5.32 Å². The van der Waals surface area contributed by atoms with E-state index < -0.39 is 0 Å². The molecule has 3 heteroatoms. The highest BCUT2D eigenvalue weighted by atomic mass is 15.2. The van der Waals surface area contributed by atoms with E-state index in [-0.39, 0.29) is 0 Å². The predicted octanol–water partition coefficient (Wildman–Crippen LogP) is 2.74. The van der Waals surface area contributed by atoms with Crippen molar-refractivity contribution >= 4 is 5.82 Å². The van der Waals surface area contributed by atoms with Crippen molar-refractivity contribution in [1.29, 1.82) is 0 Å². The van der Waals surface area contributed by atoms with Crippen LogP contribution >= 0.6 is 0 Å². The molecule has 1 aromatic heterocycles. The number of pyridine rings is 1. The van der Waals surface area contributed by atoms with Crippen LogP contribution in [0.4, 0.5) is 5.82 Å². The van der Waals surface area contributed by atoms with Gasteiger partial charge >= 0.3 is 0 Å². The first kappa shape index (κ1) is 12.4. The topological polar surface area (TPSA) is 28.2 Å². The van der Waals surface area contributed by atoms with E-state index in [0.29, 0.717) is 6.04 Å². The maximum atomic E-state index is 4.36. The maximum Gasteiger partial charge on any atom is 0.130 e. The van der Waals surface area contributed by atoms with Crippen molar-refractivity contribution in [3.8, 4) is 0 Å². The van der Waals surface area contributed by atoms with Crippen LogP contribution in [-0.4, -0.2) is 29.5 Å². The third kappa shape index (κ3) is 2.97. The molecule has 1 N–H and O–H groups in total. The fourth-order valence-electron chi connectivity index (χ4n) is 2.70. The molecule has 2 heterocycles. The zero-order valence-electron chi connectivity index (χ0n) is 11.1. The third-order valence-corrected chi connectivity index (χ3v) is 3.78. The lowest BCUT2D eigenvalue weighted by Crippen LogP contribution is -2.39. The lowest BCUT2D eigenvalue weighted by Gasteiger charge is -2.36. The summed E-state index contributed by atoms with van der Waals surface area (Å²) in [6, 6.07) is 4.88. The standard InChI is InChI=1S/C14H23N3/c1-11-6-8-17(12(2)9-11)10-13-5-4-7-16-14(13)15-3/h4-5,7,11-12H,6,8-10H2,1-3H3,(H,15,16). The Morgan fingerprint density at radius 3 is 3.00 bits per heavy atom. The predicted molar refractivity (Wildman–Crippen MR) is 72.1 cm³/mol. The van der Waals surface area contributed by atoms with Gasteiger partial charge in [0.2, 0.25) is 0 Å². The van der Waals surface area contributed by atoms with Crippen molar-refractivity contribution < 1.29 is 0 Å². The van der Waals surface area contributed by atoms with Gasteiger partial charge < -0.3 is 5.32 Å². The van der Waals surface area contributed by atoms with E-state index in [1.807, 2.05) is 19.3 Å². The number of likely N-dealkylation sites (tertiary alicyclic amines) is 1. The Hall–Kier alpha value is -1.09. The molecule has 1 fully saturated rings. The quantitative estimate of drug-likeness (QED) is 0.870. The van der Waals surface area contributed by atoms with Gasteiger partial charge in [-0.15, -0.1) is 0 Å². The van der Waals surface area contributed by atoms with Gasteiger partial charge in [0.25, 0.3) is 0 Å². The Labute approximate surface area is 104 Å². The summed E-state index contributed by atoms with van der Waals surface area (Å²) in [6.07, 6.45) is 4.48. The maximum absolute atomic E-state index is 4.36. The third-order valence-electron chi connectivity index (χ3n) is 3.78. The van der Waals surface area contributed by atoms with Gasteiger partial charge in [-0.05, 0) is 38.3 Å². The van der Waals surface area contributed by atoms with Gasteiger partial charge in [-0.1, -0.05) is 13.0 Å². The van der Waals surface area contributed by atoms with E-state index in [1.54, 1.807) is 0 Å². The van der Waals surface area contributed by atoms with Crippen molar-refractivity contribution in [1.82, 2.24) is 9.88 Å². The molecule has 0 amide bonds. The molecule has 1 aliphatic heterocycles. The van der Waals surface area contributed by atoms with E-state index in [0.717, 1.165) is 18.3 Å². The molecule has 17 heavy (non-hydrogen) atoms. The first-order chi connectivity index (χ1) is 8.20. The number of hydrogen-bond donors (Lipinski definition) is 1. The molecule has 0 aliphatic carbocycles. The highest BCUT2D eigenvalue weighted by Crippen LogP contribution is 2.25. The fourth-order valence-corrected chi connectivity index (χ4v) is 2.70. The molecule has 2 atom stereocenters. The molecule has 1 aromatic rings. The van der Waals surface area contributed by atoms with Gasteiger partial charge in [0, 0.05) is 31.4 Å². The molecule has 1 aliphatic rings. The van der Waals surface area contributed by atoms with E-state index in [1.165, 1.54) is 24.9 Å². The zero-order valence-corrected chi connectivity index (χ0v) is 11.1. The van der Waals surface area contributed by atoms with Crippen LogP contribution in [0.3, 0.4) is 0 Å². The minimum Gasteiger partial charge on any atom is -0.373 e. The number of nitrogens with zero attached hydrogens (tertiary/aromatic N) is 2. The second-order valence-corrected chi connectivity index (χ2v) is 5.21. The van der Waals surface area contributed by atoms with Gasteiger partial charge in [-0.2, -0.15) is 0 Å². The molecule has 1 saturated heterocycles. The van der Waals surface area contributed by atoms with Crippen LogP contribution in [-0.2, 0) is 6.54 Å². The van der Waals surface area contributed by atoms with Crippen LogP contribution in [0.25, 0.3) is 0 Å². The van der Waals surface area contributed by atoms with E-state index in [2.05, 4.69) is 35.1 Å². The van der Waals surface area contributed by atoms with Crippen LogP contribution in [0.2, 0.25) is 0 Å². The summed E-state index contributed by atoms with van der Waals surface area (Å²) in [4.78, 5) is 6.93. The second-order valence-electron chi connectivity index (χ2n) is 5.21. The highest BCUT2D eigenvalue weighted by molar-refractivity contribution is 5.42. The number of hydrogen-bond acceptors (Lipinski definition) is 3. The lowest BCUT2D eigenvalue weighted by molar-refractivity contribution is 0.122. The Morgan fingerprint density at radius 1 is 1.47 bits per heavy atom. The number of nitrogens with one attached hydrogen (secondary N) is 1. The monoisotopic (exact) mass is 233 g/mol. The van der Waals surface area contributed by atoms with E-state index in [9.17, 15) is 0 Å². The van der Waals surface area contributed by atoms with E-state index >= 15 is 0 Å². The fraction of sp³-hybridized carbons (Fsp3) is 0.643. The normalized spacial score (nSPS) is 25.8. The molecule has 0 saturated carbocycles. The van der Waals surface area contributed by atoms with Gasteiger partial charge in [0.15, 0.2) is 0 Å². The van der Waals surface area contributed by atoms with Crippen molar-refractivity contribution in [2.75, 3.05) is 18.9 Å². The van der Waals surface area contributed by atoms with Crippen molar-refractivity contribution in [2.45, 2.75) is 39.3 Å². The average Bonchev–Trinajstić information content (AvgIpc) is 2.33. The summed E-state index contributed by atoms with van der Waals surface area (Å²) >= 11 is 0. The highest BCUT2D eigenvalue weighted by Gasteiger charge is 2.23. The van der Waals surface area contributed by atoms with Gasteiger partial charge in [0.05, 0.1) is 0 Å². The molecule has 0 aromatic carbocycles. The van der Waals surface area contributed by atoms with Crippen LogP contribution in [0.15, 0.2) is 18.3 Å². The summed E-state index contributed by atoms with van der Waals surface area (Å²) in [7, 11) is 1.94. The van der Waals surface area contributed by atoms with Crippen molar-refractivity contribution in [3.05, 3.63) is 23.9 Å². The van der Waals surface area contributed by atoms with E-state index in [4.69, 9.17) is 0 Å². The Bertz CT molecular complexity index is 364. The Kier molecular flexibility index (Phi) is 4.00. The van der Waals surface area contributed by atoms with Crippen LogP contribution in [0, 0.1) is 5.92 Å². The molecule has 3 nitrogen and oxygen atoms in total. The molecule has 0 bridgehead atoms. The summed E-state index contributed by atoms with van der Waals surface area (Å²) in [5.41, 5.74) is 1.30. The first-order valence-corrected chi connectivity index (χ1v) is 6.56. The largest absolute Gasteiger partial charge is 0.373 e. The summed E-state index contributed by atoms with van der Waals surface area (Å²) in [6.45, 7) is 6.92. The SMILES string of the molecule is CNc1ncccc1CN1CCC(C)CC1C. The molecule has 94 valence electrons. The summed E-state index contributed by atoms with van der Waals surface area (Å²) < 4.78 is 0. The van der Waals surface area contributed by atoms with Gasteiger partial charge in [0.1, 0.15) is 5.82 Å². The van der Waals surface area contributed by atoms with Crippen molar-refractivity contribution in [2.24, 2.45) is 5.92 Å². The lowest BCUT2D eigenvalue weighted by atomic mass is 9.93. The van der Waals surface area contributed by atoms with Crippen molar-refractivity contribution in [3.63, 3.8) is 0 Å². The minimum absolute atomic E-state index is 0.684. The molecule has 0 radical (unpaired) electrons. The number of anilines is 1. The first-order valence-electron chi connectivity index (χ1n) is 6.56. The van der Waals surface area contributed by atoms with Crippen LogP contribution in [0.1, 0.15) is 32.3 Å². The number of aromatic nitrogens is 1. The Morgan fingerprint density at radius 2 is 2.29 bits per heavy atom. The van der Waals surface area contributed by atoms with Crippen LogP contribution in [0.5, 0.6) is 0 Å². The summed E-state index contributed by atoms with van der Waals surface area (Å²) in [5, 5.41) is 3.17. The number of piperidine rings is 1. The molecule has 2 unspecified atom stereocenters. The van der Waals surface area contributed by atoms with Gasteiger partial charge in [-0.3, -0.25) is 4.90 Å². The molecular weight excluding hydrogens is 210 g/mol. The molecular formula is C14H23N3. The zero-order chi connectivity index (χ0) is 12.3. The second kappa shape index (κ2) is 5.50. The number of rotatable bonds is 3. The average molecular weight is 233 g/mol. The van der Waals surface area contributed by atoms with Gasteiger partial charge in [-0.25, -0.2) is 4.98 Å².